The molecule has 0 saturated carbocycles. The zero-order chi connectivity index (χ0) is 13.8. The maximum Gasteiger partial charge on any atom is 0.267 e. The predicted octanol–water partition coefficient (Wildman–Crippen LogP) is 1.75. The van der Waals surface area contributed by atoms with Gasteiger partial charge in [0.25, 0.3) is 5.56 Å². The molecule has 0 aliphatic carbocycles. The van der Waals surface area contributed by atoms with Crippen LogP contribution in [-0.4, -0.2) is 15.7 Å². The lowest BCUT2D eigenvalue weighted by atomic mass is 10.2. The van der Waals surface area contributed by atoms with E-state index in [-0.39, 0.29) is 11.5 Å². The minimum atomic E-state index is -0.657. The molecule has 1 aromatic carbocycles. The molecule has 0 aliphatic rings. The van der Waals surface area contributed by atoms with Crippen LogP contribution < -0.4 is 10.9 Å². The number of amides is 1. The highest BCUT2D eigenvalue weighted by molar-refractivity contribution is 5.93. The third kappa shape index (κ3) is 3.07. The number of hydrogen-bond donors (Lipinski definition) is 1. The molecule has 5 heteroatoms. The Morgan fingerprint density at radius 1 is 1.26 bits per heavy atom. The minimum Gasteiger partial charge on any atom is -0.324 e. The molecular formula is C14H15N3O2. The van der Waals surface area contributed by atoms with E-state index in [2.05, 4.69) is 10.4 Å². The summed E-state index contributed by atoms with van der Waals surface area (Å²) in [6.07, 6.45) is 1.48. The van der Waals surface area contributed by atoms with Gasteiger partial charge in [0.1, 0.15) is 6.04 Å². The number of carbonyl (C=O) groups is 1. The first-order valence-corrected chi connectivity index (χ1v) is 5.99. The molecule has 0 saturated heterocycles. The second-order valence-corrected chi connectivity index (χ2v) is 4.34. The van der Waals surface area contributed by atoms with Gasteiger partial charge in [-0.3, -0.25) is 9.59 Å². The van der Waals surface area contributed by atoms with Gasteiger partial charge in [0.05, 0.1) is 0 Å². The van der Waals surface area contributed by atoms with Crippen molar-refractivity contribution in [1.82, 2.24) is 9.78 Å². The number of hydrogen-bond acceptors (Lipinski definition) is 3. The topological polar surface area (TPSA) is 64.0 Å². The molecule has 2 rings (SSSR count). The summed E-state index contributed by atoms with van der Waals surface area (Å²) in [7, 11) is 0. The van der Waals surface area contributed by atoms with Gasteiger partial charge in [0, 0.05) is 18.0 Å². The summed E-state index contributed by atoms with van der Waals surface area (Å²) in [5, 5.41) is 6.65. The first-order valence-electron chi connectivity index (χ1n) is 5.99. The summed E-state index contributed by atoms with van der Waals surface area (Å²) in [6.45, 7) is 3.61. The van der Waals surface area contributed by atoms with Crippen LogP contribution in [0.5, 0.6) is 0 Å². The molecule has 1 amide bonds. The number of carbonyl (C=O) groups excluding carboxylic acids is 1. The first-order chi connectivity index (χ1) is 9.08. The fourth-order valence-corrected chi connectivity index (χ4v) is 1.65. The fraction of sp³-hybridized carbons (Fsp3) is 0.214. The number of aromatic nitrogens is 2. The Labute approximate surface area is 110 Å². The van der Waals surface area contributed by atoms with Gasteiger partial charge in [-0.15, -0.1) is 0 Å². The van der Waals surface area contributed by atoms with Crippen LogP contribution in [0.15, 0.2) is 47.4 Å². The molecule has 0 fully saturated rings. The number of anilines is 1. The van der Waals surface area contributed by atoms with E-state index in [0.29, 0.717) is 5.69 Å². The SMILES string of the molecule is Cc1ccc(NC(=O)C(C)n2ncccc2=O)cc1. The van der Waals surface area contributed by atoms with Crippen LogP contribution in [0, 0.1) is 6.92 Å². The monoisotopic (exact) mass is 257 g/mol. The van der Waals surface area contributed by atoms with Gasteiger partial charge in [0.15, 0.2) is 0 Å². The Morgan fingerprint density at radius 3 is 2.58 bits per heavy atom. The van der Waals surface area contributed by atoms with Crippen LogP contribution in [0.2, 0.25) is 0 Å². The zero-order valence-electron chi connectivity index (χ0n) is 10.8. The van der Waals surface area contributed by atoms with E-state index < -0.39 is 6.04 Å². The van der Waals surface area contributed by atoms with Crippen molar-refractivity contribution in [2.45, 2.75) is 19.9 Å². The Bertz CT molecular complexity index is 632. The Hall–Kier alpha value is -2.43. The fourth-order valence-electron chi connectivity index (χ4n) is 1.65. The number of rotatable bonds is 3. The van der Waals surface area contributed by atoms with Gasteiger partial charge >= 0.3 is 0 Å². The third-order valence-corrected chi connectivity index (χ3v) is 2.81. The van der Waals surface area contributed by atoms with Gasteiger partial charge < -0.3 is 5.32 Å². The molecule has 0 spiro atoms. The van der Waals surface area contributed by atoms with Crippen LogP contribution in [0.1, 0.15) is 18.5 Å². The van der Waals surface area contributed by atoms with Gasteiger partial charge in [-0.05, 0) is 32.0 Å². The number of benzene rings is 1. The second kappa shape index (κ2) is 5.48. The molecule has 1 atom stereocenters. The molecule has 98 valence electrons. The van der Waals surface area contributed by atoms with Crippen molar-refractivity contribution >= 4 is 11.6 Å². The molecule has 1 heterocycles. The van der Waals surface area contributed by atoms with Crippen molar-refractivity contribution in [3.8, 4) is 0 Å². The Balaban J connectivity index is 2.14. The Morgan fingerprint density at radius 2 is 1.95 bits per heavy atom. The van der Waals surface area contributed by atoms with Crippen molar-refractivity contribution < 1.29 is 4.79 Å². The normalized spacial score (nSPS) is 11.9. The molecule has 2 aromatic rings. The molecule has 19 heavy (non-hydrogen) atoms. The quantitative estimate of drug-likeness (QED) is 0.911. The number of aryl methyl sites for hydroxylation is 1. The van der Waals surface area contributed by atoms with Crippen molar-refractivity contribution in [2.75, 3.05) is 5.32 Å². The van der Waals surface area contributed by atoms with Crippen LogP contribution in [0.3, 0.4) is 0 Å². The summed E-state index contributed by atoms with van der Waals surface area (Å²) < 4.78 is 1.16. The summed E-state index contributed by atoms with van der Waals surface area (Å²) in [6, 6.07) is 9.73. The molecule has 1 aromatic heterocycles. The van der Waals surface area contributed by atoms with Gasteiger partial charge in [0.2, 0.25) is 5.91 Å². The highest BCUT2D eigenvalue weighted by Gasteiger charge is 2.16. The maximum atomic E-state index is 12.0. The standard InChI is InChI=1S/C14H15N3O2/c1-10-5-7-12(8-6-10)16-14(19)11(2)17-13(18)4-3-9-15-17/h3-9,11H,1-2H3,(H,16,19). The van der Waals surface area contributed by atoms with E-state index in [1.165, 1.54) is 12.3 Å². The molecule has 0 radical (unpaired) electrons. The summed E-state index contributed by atoms with van der Waals surface area (Å²) in [5.41, 5.74) is 1.52. The zero-order valence-corrected chi connectivity index (χ0v) is 10.8. The predicted molar refractivity (Wildman–Crippen MR) is 73.0 cm³/mol. The van der Waals surface area contributed by atoms with E-state index in [9.17, 15) is 9.59 Å². The highest BCUT2D eigenvalue weighted by Crippen LogP contribution is 2.11. The molecule has 1 unspecified atom stereocenters. The van der Waals surface area contributed by atoms with Gasteiger partial charge in [-0.2, -0.15) is 5.10 Å². The van der Waals surface area contributed by atoms with Crippen molar-refractivity contribution in [3.05, 3.63) is 58.5 Å². The van der Waals surface area contributed by atoms with Crippen LogP contribution >= 0.6 is 0 Å². The van der Waals surface area contributed by atoms with Gasteiger partial charge in [-0.1, -0.05) is 17.7 Å². The van der Waals surface area contributed by atoms with E-state index in [0.717, 1.165) is 10.2 Å². The van der Waals surface area contributed by atoms with Crippen LogP contribution in [0.25, 0.3) is 0 Å². The molecule has 0 bridgehead atoms. The lowest BCUT2D eigenvalue weighted by Crippen LogP contribution is -2.32. The first kappa shape index (κ1) is 13.0. The average molecular weight is 257 g/mol. The Kier molecular flexibility index (Phi) is 3.75. The summed E-state index contributed by atoms with van der Waals surface area (Å²) in [5.74, 6) is -0.273. The molecule has 0 aliphatic heterocycles. The number of nitrogens with one attached hydrogen (secondary N) is 1. The van der Waals surface area contributed by atoms with Crippen LogP contribution in [-0.2, 0) is 4.79 Å². The minimum absolute atomic E-state index is 0.273. The highest BCUT2D eigenvalue weighted by atomic mass is 16.2. The van der Waals surface area contributed by atoms with E-state index in [1.54, 1.807) is 13.0 Å². The lowest BCUT2D eigenvalue weighted by Gasteiger charge is -2.13. The van der Waals surface area contributed by atoms with E-state index in [4.69, 9.17) is 0 Å². The molecule has 1 N–H and O–H groups in total. The van der Waals surface area contributed by atoms with Crippen LogP contribution in [0.4, 0.5) is 5.69 Å². The second-order valence-electron chi connectivity index (χ2n) is 4.34. The molecular weight excluding hydrogens is 242 g/mol. The number of nitrogens with zero attached hydrogens (tertiary/aromatic N) is 2. The van der Waals surface area contributed by atoms with Gasteiger partial charge in [-0.25, -0.2) is 4.68 Å². The molecule has 5 nitrogen and oxygen atoms in total. The van der Waals surface area contributed by atoms with Crippen molar-refractivity contribution in [3.63, 3.8) is 0 Å². The summed E-state index contributed by atoms with van der Waals surface area (Å²) in [4.78, 5) is 23.6. The van der Waals surface area contributed by atoms with E-state index >= 15 is 0 Å². The average Bonchev–Trinajstić information content (AvgIpc) is 2.41. The third-order valence-electron chi connectivity index (χ3n) is 2.81. The smallest absolute Gasteiger partial charge is 0.267 e. The van der Waals surface area contributed by atoms with Crippen molar-refractivity contribution in [1.29, 1.82) is 0 Å². The largest absolute Gasteiger partial charge is 0.324 e. The van der Waals surface area contributed by atoms with Crippen molar-refractivity contribution in [2.24, 2.45) is 0 Å². The maximum absolute atomic E-state index is 12.0. The van der Waals surface area contributed by atoms with E-state index in [1.807, 2.05) is 31.2 Å². The summed E-state index contributed by atoms with van der Waals surface area (Å²) >= 11 is 0. The lowest BCUT2D eigenvalue weighted by molar-refractivity contribution is -0.119.